The molecule has 1 aliphatic heterocycles. The van der Waals surface area contributed by atoms with Crippen molar-refractivity contribution in [3.05, 3.63) is 24.3 Å². The highest BCUT2D eigenvalue weighted by molar-refractivity contribution is 5.41. The van der Waals surface area contributed by atoms with Crippen LogP contribution in [0.5, 0.6) is 5.75 Å². The molecule has 1 aliphatic rings. The zero-order valence-electron chi connectivity index (χ0n) is 11.0. The second-order valence-electron chi connectivity index (χ2n) is 4.59. The van der Waals surface area contributed by atoms with Crippen LogP contribution in [0.1, 0.15) is 0 Å². The van der Waals surface area contributed by atoms with Gasteiger partial charge in [-0.2, -0.15) is 0 Å². The van der Waals surface area contributed by atoms with Crippen molar-refractivity contribution in [1.29, 1.82) is 0 Å². The summed E-state index contributed by atoms with van der Waals surface area (Å²) in [7, 11) is 1.36. The molecule has 20 heavy (non-hydrogen) atoms. The largest absolute Gasteiger partial charge is 0.462 e. The number of aliphatic hydroxyl groups excluding tert-OH is 3. The Morgan fingerprint density at radius 1 is 1.20 bits per heavy atom. The second-order valence-corrected chi connectivity index (χ2v) is 4.59. The van der Waals surface area contributed by atoms with E-state index in [-0.39, 0.29) is 0 Å². The number of benzene rings is 1. The molecular weight excluding hydrogens is 266 g/mol. The molecule has 0 amide bonds. The number of ether oxygens (including phenoxy) is 3. The first-order valence-corrected chi connectivity index (χ1v) is 6.24. The zero-order chi connectivity index (χ0) is 14.7. The highest BCUT2D eigenvalue weighted by atomic mass is 16.7. The van der Waals surface area contributed by atoms with Crippen LogP contribution in [0.15, 0.2) is 24.3 Å². The first kappa shape index (κ1) is 15.0. The van der Waals surface area contributed by atoms with Crippen LogP contribution in [-0.4, -0.2) is 59.7 Å². The van der Waals surface area contributed by atoms with Crippen LogP contribution in [-0.2, 0) is 9.47 Å². The third kappa shape index (κ3) is 3.02. The van der Waals surface area contributed by atoms with Gasteiger partial charge in [0, 0.05) is 12.8 Å². The summed E-state index contributed by atoms with van der Waals surface area (Å²) in [5, 5.41) is 29.2. The predicted octanol–water partition coefficient (Wildman–Crippen LogP) is -0.898. The van der Waals surface area contributed by atoms with Crippen molar-refractivity contribution in [2.75, 3.05) is 19.5 Å². The van der Waals surface area contributed by atoms with E-state index in [1.54, 1.807) is 24.3 Å². The fourth-order valence-corrected chi connectivity index (χ4v) is 2.11. The quantitative estimate of drug-likeness (QED) is 0.530. The fourth-order valence-electron chi connectivity index (χ4n) is 2.11. The van der Waals surface area contributed by atoms with Crippen molar-refractivity contribution in [3.63, 3.8) is 0 Å². The summed E-state index contributed by atoms with van der Waals surface area (Å²) >= 11 is 0. The number of aliphatic hydroxyl groups is 3. The molecular formula is C13H19NO6. The molecule has 5 atom stereocenters. The van der Waals surface area contributed by atoms with Crippen molar-refractivity contribution in [3.8, 4) is 5.75 Å². The number of nitrogens with two attached hydrogens (primary N) is 1. The molecule has 7 nitrogen and oxygen atoms in total. The summed E-state index contributed by atoms with van der Waals surface area (Å²) in [6, 6.07) is 6.56. The molecule has 0 radical (unpaired) electrons. The molecule has 112 valence electrons. The third-order valence-corrected chi connectivity index (χ3v) is 3.23. The Hall–Kier alpha value is -1.38. The molecule has 0 spiro atoms. The smallest absolute Gasteiger partial charge is 0.229 e. The van der Waals surface area contributed by atoms with Gasteiger partial charge in [-0.05, 0) is 24.3 Å². The van der Waals surface area contributed by atoms with Gasteiger partial charge in [0.05, 0.1) is 6.61 Å². The standard InChI is InChI=1S/C13H19NO6/c1-18-12-10(16)9(6-15)20-13(11(12)17)19-8-4-2-7(14)3-5-8/h2-5,9-13,15-17H,6,14H2,1H3. The second kappa shape index (κ2) is 6.38. The highest BCUT2D eigenvalue weighted by Crippen LogP contribution is 2.26. The van der Waals surface area contributed by atoms with Gasteiger partial charge in [-0.25, -0.2) is 0 Å². The van der Waals surface area contributed by atoms with E-state index < -0.39 is 37.3 Å². The first-order valence-electron chi connectivity index (χ1n) is 6.24. The van der Waals surface area contributed by atoms with E-state index in [0.29, 0.717) is 11.4 Å². The number of anilines is 1. The van der Waals surface area contributed by atoms with Crippen LogP contribution < -0.4 is 10.5 Å². The molecule has 0 bridgehead atoms. The molecule has 1 fully saturated rings. The number of methoxy groups -OCH3 is 1. The molecule has 7 heteroatoms. The van der Waals surface area contributed by atoms with Crippen molar-refractivity contribution in [2.45, 2.75) is 30.7 Å². The summed E-state index contributed by atoms with van der Waals surface area (Å²) in [6.45, 7) is -0.407. The molecule has 0 aromatic heterocycles. The number of hydrogen-bond donors (Lipinski definition) is 4. The van der Waals surface area contributed by atoms with Gasteiger partial charge in [0.25, 0.3) is 0 Å². The lowest BCUT2D eigenvalue weighted by atomic mass is 9.99. The summed E-state index contributed by atoms with van der Waals surface area (Å²) in [4.78, 5) is 0. The Kier molecular flexibility index (Phi) is 4.79. The fraction of sp³-hybridized carbons (Fsp3) is 0.538. The highest BCUT2D eigenvalue weighted by Gasteiger charge is 2.45. The third-order valence-electron chi connectivity index (χ3n) is 3.23. The maximum atomic E-state index is 10.1. The zero-order valence-corrected chi connectivity index (χ0v) is 11.0. The van der Waals surface area contributed by atoms with Crippen molar-refractivity contribution >= 4 is 5.69 Å². The normalized spacial score (nSPS) is 33.9. The lowest BCUT2D eigenvalue weighted by Gasteiger charge is -2.41. The Bertz CT molecular complexity index is 425. The van der Waals surface area contributed by atoms with Crippen LogP contribution >= 0.6 is 0 Å². The Morgan fingerprint density at radius 2 is 1.85 bits per heavy atom. The molecule has 1 saturated heterocycles. The summed E-state index contributed by atoms with van der Waals surface area (Å²) in [6.07, 6.45) is -5.16. The topological polar surface area (TPSA) is 114 Å². The lowest BCUT2D eigenvalue weighted by molar-refractivity contribution is -0.281. The van der Waals surface area contributed by atoms with E-state index in [4.69, 9.17) is 19.9 Å². The van der Waals surface area contributed by atoms with Crippen LogP contribution in [0.3, 0.4) is 0 Å². The van der Waals surface area contributed by atoms with Gasteiger partial charge in [0.2, 0.25) is 6.29 Å². The Labute approximate surface area is 116 Å². The van der Waals surface area contributed by atoms with Crippen molar-refractivity contribution in [1.82, 2.24) is 0 Å². The van der Waals surface area contributed by atoms with Gasteiger partial charge in [0.1, 0.15) is 30.2 Å². The van der Waals surface area contributed by atoms with Crippen molar-refractivity contribution < 1.29 is 29.5 Å². The molecule has 0 aliphatic carbocycles. The van der Waals surface area contributed by atoms with Gasteiger partial charge >= 0.3 is 0 Å². The maximum Gasteiger partial charge on any atom is 0.229 e. The molecule has 0 saturated carbocycles. The van der Waals surface area contributed by atoms with Crippen LogP contribution in [0.2, 0.25) is 0 Å². The van der Waals surface area contributed by atoms with Crippen LogP contribution in [0, 0.1) is 0 Å². The minimum atomic E-state index is -1.18. The minimum absolute atomic E-state index is 0.407. The Morgan fingerprint density at radius 3 is 2.40 bits per heavy atom. The number of nitrogen functional groups attached to an aromatic ring is 1. The van der Waals surface area contributed by atoms with Gasteiger partial charge in [-0.15, -0.1) is 0 Å². The molecule has 1 aromatic rings. The van der Waals surface area contributed by atoms with Crippen LogP contribution in [0.4, 0.5) is 5.69 Å². The molecule has 5 N–H and O–H groups in total. The van der Waals surface area contributed by atoms with E-state index in [1.807, 2.05) is 0 Å². The van der Waals surface area contributed by atoms with E-state index in [1.165, 1.54) is 7.11 Å². The Balaban J connectivity index is 2.11. The molecule has 1 aromatic carbocycles. The number of hydrogen-bond acceptors (Lipinski definition) is 7. The summed E-state index contributed by atoms with van der Waals surface area (Å²) < 4.78 is 15.9. The van der Waals surface area contributed by atoms with E-state index in [9.17, 15) is 15.3 Å². The minimum Gasteiger partial charge on any atom is -0.462 e. The van der Waals surface area contributed by atoms with E-state index in [2.05, 4.69) is 0 Å². The molecule has 1 heterocycles. The van der Waals surface area contributed by atoms with Crippen molar-refractivity contribution in [2.24, 2.45) is 0 Å². The predicted molar refractivity (Wildman–Crippen MR) is 70.0 cm³/mol. The van der Waals surface area contributed by atoms with Gasteiger partial charge < -0.3 is 35.3 Å². The SMILES string of the molecule is COC1C(O)C(CO)OC(Oc2ccc(N)cc2)C1O. The van der Waals surface area contributed by atoms with Gasteiger partial charge in [-0.3, -0.25) is 0 Å². The number of rotatable bonds is 4. The van der Waals surface area contributed by atoms with Crippen LogP contribution in [0.25, 0.3) is 0 Å². The van der Waals surface area contributed by atoms with Gasteiger partial charge in [0.15, 0.2) is 0 Å². The lowest BCUT2D eigenvalue weighted by Crippen LogP contribution is -2.60. The molecule has 2 rings (SSSR count). The van der Waals surface area contributed by atoms with Gasteiger partial charge in [-0.1, -0.05) is 0 Å². The summed E-state index contributed by atoms with van der Waals surface area (Å²) in [5.41, 5.74) is 6.15. The summed E-state index contributed by atoms with van der Waals surface area (Å²) in [5.74, 6) is 0.450. The molecule has 5 unspecified atom stereocenters. The van der Waals surface area contributed by atoms with E-state index >= 15 is 0 Å². The monoisotopic (exact) mass is 285 g/mol. The average Bonchev–Trinajstić information content (AvgIpc) is 2.45. The van der Waals surface area contributed by atoms with E-state index in [0.717, 1.165) is 0 Å². The maximum absolute atomic E-state index is 10.1. The first-order chi connectivity index (χ1) is 9.56. The average molecular weight is 285 g/mol.